The van der Waals surface area contributed by atoms with E-state index in [1.807, 2.05) is 25.8 Å². The van der Waals surface area contributed by atoms with Crippen molar-refractivity contribution in [1.82, 2.24) is 20.0 Å². The number of nitrogens with two attached hydrogens (primary N) is 1. The molecule has 2 aliphatic rings. The zero-order valence-corrected chi connectivity index (χ0v) is 17.3. The van der Waals surface area contributed by atoms with Crippen LogP contribution in [-0.4, -0.2) is 51.2 Å². The number of piperidine rings is 1. The van der Waals surface area contributed by atoms with Crippen LogP contribution in [0.3, 0.4) is 0 Å². The molecule has 27 heavy (non-hydrogen) atoms. The Morgan fingerprint density at radius 3 is 2.37 bits per heavy atom. The van der Waals surface area contributed by atoms with Crippen LogP contribution in [0.4, 0.5) is 0 Å². The van der Waals surface area contributed by atoms with Gasteiger partial charge >= 0.3 is 0 Å². The lowest BCUT2D eigenvalue weighted by atomic mass is 9.79. The van der Waals surface area contributed by atoms with Gasteiger partial charge in [-0.05, 0) is 38.5 Å². The van der Waals surface area contributed by atoms with Crippen LogP contribution in [0.5, 0.6) is 0 Å². The second-order valence-electron chi connectivity index (χ2n) is 9.02. The number of aryl methyl sites for hydroxylation is 2. The zero-order valence-electron chi connectivity index (χ0n) is 17.3. The van der Waals surface area contributed by atoms with Crippen molar-refractivity contribution in [2.24, 2.45) is 18.2 Å². The van der Waals surface area contributed by atoms with E-state index in [1.165, 1.54) is 0 Å². The highest BCUT2D eigenvalue weighted by molar-refractivity contribution is 6.01. The van der Waals surface area contributed by atoms with Crippen molar-refractivity contribution in [3.63, 3.8) is 0 Å². The van der Waals surface area contributed by atoms with E-state index >= 15 is 0 Å². The second-order valence-corrected chi connectivity index (χ2v) is 9.02. The fourth-order valence-corrected chi connectivity index (χ4v) is 4.60. The zero-order chi connectivity index (χ0) is 20.0. The third kappa shape index (κ3) is 3.49. The summed E-state index contributed by atoms with van der Waals surface area (Å²) in [6.45, 7) is 9.23. The molecule has 3 N–H and O–H groups in total. The van der Waals surface area contributed by atoms with Gasteiger partial charge in [-0.25, -0.2) is 0 Å². The average molecular weight is 376 g/mol. The van der Waals surface area contributed by atoms with Crippen molar-refractivity contribution in [1.29, 1.82) is 0 Å². The molecule has 1 unspecified atom stereocenters. The fourth-order valence-electron chi connectivity index (χ4n) is 4.60. The van der Waals surface area contributed by atoms with Crippen LogP contribution in [0.1, 0.15) is 67.7 Å². The summed E-state index contributed by atoms with van der Waals surface area (Å²) >= 11 is 0. The van der Waals surface area contributed by atoms with Gasteiger partial charge in [-0.3, -0.25) is 14.3 Å². The van der Waals surface area contributed by atoms with Crippen molar-refractivity contribution < 1.29 is 9.59 Å². The Bertz CT molecular complexity index is 746. The van der Waals surface area contributed by atoms with E-state index in [0.29, 0.717) is 37.2 Å². The summed E-state index contributed by atoms with van der Waals surface area (Å²) < 4.78 is 1.71. The van der Waals surface area contributed by atoms with Crippen LogP contribution in [-0.2, 0) is 11.8 Å². The Morgan fingerprint density at radius 2 is 1.85 bits per heavy atom. The predicted octanol–water partition coefficient (Wildman–Crippen LogP) is 1.67. The number of nitrogens with one attached hydrogen (secondary N) is 1. The van der Waals surface area contributed by atoms with Gasteiger partial charge < -0.3 is 16.0 Å². The number of nitrogens with zero attached hydrogens (tertiary/aromatic N) is 3. The van der Waals surface area contributed by atoms with Crippen molar-refractivity contribution in [3.8, 4) is 0 Å². The van der Waals surface area contributed by atoms with Gasteiger partial charge in [-0.15, -0.1) is 0 Å². The molecule has 1 saturated carbocycles. The van der Waals surface area contributed by atoms with Gasteiger partial charge in [-0.2, -0.15) is 5.10 Å². The minimum atomic E-state index is -0.802. The van der Waals surface area contributed by atoms with Crippen molar-refractivity contribution >= 4 is 11.8 Å². The van der Waals surface area contributed by atoms with E-state index in [-0.39, 0.29) is 23.3 Å². The number of rotatable bonds is 3. The van der Waals surface area contributed by atoms with Crippen LogP contribution in [0.15, 0.2) is 0 Å². The number of likely N-dealkylation sites (tertiary alicyclic amines) is 1. The van der Waals surface area contributed by atoms with E-state index < -0.39 is 5.54 Å². The molecule has 1 saturated heterocycles. The molecule has 2 heterocycles. The molecular weight excluding hydrogens is 342 g/mol. The summed E-state index contributed by atoms with van der Waals surface area (Å²) in [4.78, 5) is 28.5. The quantitative estimate of drug-likeness (QED) is 0.840. The van der Waals surface area contributed by atoms with Crippen molar-refractivity contribution in [3.05, 3.63) is 17.0 Å². The SMILES string of the molecule is Cc1nn(C)c(C)c1C(=O)NC1(C(=O)N2CCC(N)C(C)(C)C2)CCCC1. The molecule has 0 aromatic carbocycles. The minimum Gasteiger partial charge on any atom is -0.340 e. The standard InChI is InChI=1S/C20H33N5O2/c1-13-16(14(2)24(5)23-13)17(26)22-20(9-6-7-10-20)18(27)25-11-8-15(21)19(3,4)12-25/h15H,6-12,21H2,1-5H3,(H,22,26). The molecule has 0 bridgehead atoms. The Balaban J connectivity index is 1.84. The summed E-state index contributed by atoms with van der Waals surface area (Å²) in [6, 6.07) is 0.0939. The van der Waals surface area contributed by atoms with Crippen LogP contribution >= 0.6 is 0 Å². The smallest absolute Gasteiger partial charge is 0.255 e. The topological polar surface area (TPSA) is 93.2 Å². The minimum absolute atomic E-state index is 0.0486. The van der Waals surface area contributed by atoms with Crippen LogP contribution < -0.4 is 11.1 Å². The second kappa shape index (κ2) is 6.93. The molecule has 1 aliphatic carbocycles. The van der Waals surface area contributed by atoms with Gasteiger partial charge in [0.05, 0.1) is 11.3 Å². The van der Waals surface area contributed by atoms with Gasteiger partial charge in [0.15, 0.2) is 0 Å². The first-order valence-corrected chi connectivity index (χ1v) is 9.95. The highest BCUT2D eigenvalue weighted by Crippen LogP contribution is 2.35. The molecule has 2 fully saturated rings. The van der Waals surface area contributed by atoms with Crippen LogP contribution in [0.2, 0.25) is 0 Å². The lowest BCUT2D eigenvalue weighted by Gasteiger charge is -2.45. The highest BCUT2D eigenvalue weighted by atomic mass is 16.2. The van der Waals surface area contributed by atoms with Gasteiger partial charge in [0.25, 0.3) is 5.91 Å². The molecule has 1 atom stereocenters. The van der Waals surface area contributed by atoms with E-state index in [1.54, 1.807) is 4.68 Å². The third-order valence-electron chi connectivity index (χ3n) is 6.55. The summed E-state index contributed by atoms with van der Waals surface area (Å²) in [5, 5.41) is 7.46. The maximum absolute atomic E-state index is 13.5. The number of carbonyl (C=O) groups excluding carboxylic acids is 2. The largest absolute Gasteiger partial charge is 0.340 e. The molecule has 0 radical (unpaired) electrons. The molecule has 2 amide bonds. The van der Waals surface area contributed by atoms with Crippen molar-refractivity contribution in [2.75, 3.05) is 13.1 Å². The molecule has 1 aromatic rings. The lowest BCUT2D eigenvalue weighted by molar-refractivity contribution is -0.141. The Labute approximate surface area is 161 Å². The van der Waals surface area contributed by atoms with Gasteiger partial charge in [0, 0.05) is 31.9 Å². The number of hydrogen-bond acceptors (Lipinski definition) is 4. The molecule has 1 aromatic heterocycles. The molecule has 7 heteroatoms. The Morgan fingerprint density at radius 1 is 1.22 bits per heavy atom. The van der Waals surface area contributed by atoms with Crippen LogP contribution in [0.25, 0.3) is 0 Å². The summed E-state index contributed by atoms with van der Waals surface area (Å²) in [6.07, 6.45) is 4.09. The maximum atomic E-state index is 13.5. The van der Waals surface area contributed by atoms with Crippen molar-refractivity contribution in [2.45, 2.75) is 71.4 Å². The van der Waals surface area contributed by atoms with E-state index in [4.69, 9.17) is 5.73 Å². The molecule has 1 aliphatic heterocycles. The Kier molecular flexibility index (Phi) is 5.10. The molecule has 150 valence electrons. The van der Waals surface area contributed by atoms with Gasteiger partial charge in [-0.1, -0.05) is 26.7 Å². The summed E-state index contributed by atoms with van der Waals surface area (Å²) in [5.41, 5.74) is 7.41. The number of aromatic nitrogens is 2. The molecule has 0 spiro atoms. The molecule has 7 nitrogen and oxygen atoms in total. The monoisotopic (exact) mass is 375 g/mol. The first-order chi connectivity index (χ1) is 12.6. The number of carbonyl (C=O) groups is 2. The highest BCUT2D eigenvalue weighted by Gasteiger charge is 2.47. The van der Waals surface area contributed by atoms with Crippen LogP contribution in [0, 0.1) is 19.3 Å². The van der Waals surface area contributed by atoms with E-state index in [0.717, 1.165) is 25.0 Å². The molecular formula is C20H33N5O2. The number of amides is 2. The normalized spacial score (nSPS) is 24.1. The van der Waals surface area contributed by atoms with Gasteiger partial charge in [0.2, 0.25) is 5.91 Å². The first kappa shape index (κ1) is 19.9. The third-order valence-corrected chi connectivity index (χ3v) is 6.55. The lowest BCUT2D eigenvalue weighted by Crippen LogP contribution is -2.62. The predicted molar refractivity (Wildman–Crippen MR) is 104 cm³/mol. The summed E-state index contributed by atoms with van der Waals surface area (Å²) in [7, 11) is 1.83. The van der Waals surface area contributed by atoms with E-state index in [9.17, 15) is 9.59 Å². The summed E-state index contributed by atoms with van der Waals surface area (Å²) in [5.74, 6) is -0.145. The fraction of sp³-hybridized carbons (Fsp3) is 0.750. The van der Waals surface area contributed by atoms with Gasteiger partial charge in [0.1, 0.15) is 5.54 Å². The maximum Gasteiger partial charge on any atom is 0.255 e. The Hall–Kier alpha value is -1.89. The molecule has 3 rings (SSSR count). The average Bonchev–Trinajstić information content (AvgIpc) is 3.15. The number of hydrogen-bond donors (Lipinski definition) is 2. The van der Waals surface area contributed by atoms with E-state index in [2.05, 4.69) is 24.3 Å². The first-order valence-electron chi connectivity index (χ1n) is 9.95.